The molecule has 0 aromatic rings. The lowest BCUT2D eigenvalue weighted by atomic mass is 10.0. The van der Waals surface area contributed by atoms with Crippen LogP contribution in [-0.2, 0) is 10.9 Å². The van der Waals surface area contributed by atoms with Crippen molar-refractivity contribution in [1.82, 2.24) is 4.31 Å². The molecule has 1 aliphatic rings. The number of rotatable bonds is 6. The fraction of sp³-hybridized carbons (Fsp3) is 0.143. The normalized spacial score (nSPS) is 16.4. The minimum absolute atomic E-state index is 0.317. The van der Waals surface area contributed by atoms with E-state index in [4.69, 9.17) is 0 Å². The second kappa shape index (κ2) is 7.21. The topological polar surface area (TPSA) is 37.4 Å². The molecule has 1 rings (SSSR count). The van der Waals surface area contributed by atoms with Gasteiger partial charge in [0, 0.05) is 4.91 Å². The number of allylic oxidation sites excluding steroid dienone is 4. The smallest absolute Gasteiger partial charge is 0.225 e. The van der Waals surface area contributed by atoms with Gasteiger partial charge in [-0.1, -0.05) is 49.7 Å². The summed E-state index contributed by atoms with van der Waals surface area (Å²) in [4.78, 5) is 0.860. The van der Waals surface area contributed by atoms with Crippen LogP contribution in [0, 0.1) is 0 Å². The van der Waals surface area contributed by atoms with Crippen molar-refractivity contribution < 1.29 is 8.42 Å². The third-order valence-electron chi connectivity index (χ3n) is 2.68. The highest BCUT2D eigenvalue weighted by molar-refractivity contribution is 8.06. The molecule has 0 bridgehead atoms. The molecule has 102 valence electrons. The van der Waals surface area contributed by atoms with Gasteiger partial charge in [-0.15, -0.1) is 0 Å². The van der Waals surface area contributed by atoms with E-state index in [0.29, 0.717) is 12.2 Å². The van der Waals surface area contributed by atoms with Gasteiger partial charge in [-0.25, -0.2) is 8.42 Å². The molecule has 0 amide bonds. The lowest BCUT2D eigenvalue weighted by Crippen LogP contribution is -2.27. The highest BCUT2D eigenvalue weighted by Gasteiger charge is 2.23. The van der Waals surface area contributed by atoms with Crippen LogP contribution in [0.2, 0.25) is 0 Å². The predicted octanol–water partition coefficient (Wildman–Crippen LogP) is 3.16. The molecule has 1 heterocycles. The molecule has 19 heavy (non-hydrogen) atoms. The van der Waals surface area contributed by atoms with Gasteiger partial charge in [0.05, 0.1) is 12.2 Å². The third kappa shape index (κ3) is 3.52. The summed E-state index contributed by atoms with van der Waals surface area (Å²) in [7, 11) is -2.70. The third-order valence-corrected chi connectivity index (χ3v) is 4.35. The first-order valence-electron chi connectivity index (χ1n) is 5.62. The van der Waals surface area contributed by atoms with Crippen molar-refractivity contribution in [3.8, 4) is 0 Å². The standard InChI is InChI=1S/C14H17NO2S2/c1-5-8-9-12-10-15(19(16)17)13(6-2)14(11(12)4)18-7-3/h5-9,19H,1-3,10H2,4H3/b9-8-. The van der Waals surface area contributed by atoms with Crippen LogP contribution in [0.1, 0.15) is 6.92 Å². The van der Waals surface area contributed by atoms with Gasteiger partial charge in [-0.2, -0.15) is 0 Å². The maximum atomic E-state index is 11.4. The Balaban J connectivity index is 3.43. The van der Waals surface area contributed by atoms with Crippen molar-refractivity contribution in [2.75, 3.05) is 6.54 Å². The second-order valence-electron chi connectivity index (χ2n) is 3.74. The molecule has 0 atom stereocenters. The van der Waals surface area contributed by atoms with Gasteiger partial charge in [0.2, 0.25) is 10.9 Å². The van der Waals surface area contributed by atoms with E-state index in [0.717, 1.165) is 16.1 Å². The molecule has 0 radical (unpaired) electrons. The zero-order valence-electron chi connectivity index (χ0n) is 10.8. The van der Waals surface area contributed by atoms with Crippen molar-refractivity contribution >= 4 is 22.7 Å². The first-order chi connectivity index (χ1) is 9.06. The molecular weight excluding hydrogens is 278 g/mol. The Bertz CT molecular complexity index is 558. The summed E-state index contributed by atoms with van der Waals surface area (Å²) < 4.78 is 24.1. The van der Waals surface area contributed by atoms with Gasteiger partial charge in [0.15, 0.2) is 0 Å². The maximum absolute atomic E-state index is 11.4. The van der Waals surface area contributed by atoms with Crippen LogP contribution < -0.4 is 0 Å². The Morgan fingerprint density at radius 2 is 2.00 bits per heavy atom. The first-order valence-corrected chi connectivity index (χ1v) is 7.63. The van der Waals surface area contributed by atoms with Gasteiger partial charge in [0.1, 0.15) is 0 Å². The molecule has 0 saturated carbocycles. The average Bonchev–Trinajstić information content (AvgIpc) is 2.39. The molecule has 0 unspecified atom stereocenters. The van der Waals surface area contributed by atoms with Gasteiger partial charge in [-0.3, -0.25) is 4.31 Å². The van der Waals surface area contributed by atoms with Crippen LogP contribution in [0.15, 0.2) is 71.2 Å². The van der Waals surface area contributed by atoms with Gasteiger partial charge in [-0.05, 0) is 29.6 Å². The molecule has 0 saturated heterocycles. The zero-order valence-corrected chi connectivity index (χ0v) is 12.5. The maximum Gasteiger partial charge on any atom is 0.225 e. The van der Waals surface area contributed by atoms with Crippen LogP contribution in [0.5, 0.6) is 0 Å². The summed E-state index contributed by atoms with van der Waals surface area (Å²) in [6, 6.07) is 0. The van der Waals surface area contributed by atoms with Crippen LogP contribution in [0.25, 0.3) is 0 Å². The lowest BCUT2D eigenvalue weighted by Gasteiger charge is -2.28. The van der Waals surface area contributed by atoms with Crippen molar-refractivity contribution in [1.29, 1.82) is 0 Å². The van der Waals surface area contributed by atoms with E-state index in [-0.39, 0.29) is 0 Å². The van der Waals surface area contributed by atoms with E-state index < -0.39 is 10.9 Å². The Kier molecular flexibility index (Phi) is 5.92. The van der Waals surface area contributed by atoms with E-state index in [1.807, 2.05) is 13.0 Å². The molecule has 0 aromatic carbocycles. The number of hydrogen-bond acceptors (Lipinski definition) is 3. The summed E-state index contributed by atoms with van der Waals surface area (Å²) in [5.74, 6) is 0. The van der Waals surface area contributed by atoms with Gasteiger partial charge < -0.3 is 0 Å². The summed E-state index contributed by atoms with van der Waals surface area (Å²) in [5.41, 5.74) is 2.58. The molecule has 0 aliphatic carbocycles. The van der Waals surface area contributed by atoms with Crippen molar-refractivity contribution in [2.24, 2.45) is 0 Å². The SMILES string of the molecule is C=C/C=C\C1=C(C)C(SC=C)=C(C=C)N([SH](=O)=O)C1. The van der Waals surface area contributed by atoms with E-state index in [2.05, 4.69) is 19.7 Å². The van der Waals surface area contributed by atoms with E-state index in [1.165, 1.54) is 16.1 Å². The molecule has 3 nitrogen and oxygen atoms in total. The molecule has 0 aromatic heterocycles. The monoisotopic (exact) mass is 295 g/mol. The Morgan fingerprint density at radius 3 is 2.47 bits per heavy atom. The summed E-state index contributed by atoms with van der Waals surface area (Å²) in [6.07, 6.45) is 6.89. The van der Waals surface area contributed by atoms with Crippen LogP contribution in [0.4, 0.5) is 0 Å². The fourth-order valence-corrected chi connectivity index (χ4v) is 3.24. The fourth-order valence-electron chi connectivity index (χ4n) is 1.76. The lowest BCUT2D eigenvalue weighted by molar-refractivity contribution is 0.522. The quantitative estimate of drug-likeness (QED) is 0.604. The largest absolute Gasteiger partial charge is 0.267 e. The molecule has 5 heteroatoms. The minimum atomic E-state index is -2.70. The average molecular weight is 295 g/mol. The van der Waals surface area contributed by atoms with Crippen molar-refractivity contribution in [3.05, 3.63) is 71.2 Å². The predicted molar refractivity (Wildman–Crippen MR) is 84.1 cm³/mol. The van der Waals surface area contributed by atoms with Crippen molar-refractivity contribution in [2.45, 2.75) is 6.92 Å². The Hall–Kier alpha value is -1.46. The number of thiol groups is 1. The number of nitrogens with zero attached hydrogens (tertiary/aromatic N) is 1. The van der Waals surface area contributed by atoms with E-state index in [9.17, 15) is 8.42 Å². The second-order valence-corrected chi connectivity index (χ2v) is 5.68. The summed E-state index contributed by atoms with van der Waals surface area (Å²) in [6.45, 7) is 13.3. The molecule has 0 spiro atoms. The Morgan fingerprint density at radius 1 is 1.32 bits per heavy atom. The molecular formula is C14H17NO2S2. The molecule has 0 N–H and O–H groups in total. The summed E-state index contributed by atoms with van der Waals surface area (Å²) >= 11 is 1.40. The van der Waals surface area contributed by atoms with Gasteiger partial charge >= 0.3 is 0 Å². The Labute approximate surface area is 120 Å². The van der Waals surface area contributed by atoms with Gasteiger partial charge in [0.25, 0.3) is 0 Å². The van der Waals surface area contributed by atoms with E-state index in [1.54, 1.807) is 23.6 Å². The van der Waals surface area contributed by atoms with Crippen LogP contribution >= 0.6 is 11.8 Å². The highest BCUT2D eigenvalue weighted by atomic mass is 32.2. The highest BCUT2D eigenvalue weighted by Crippen LogP contribution is 2.36. The summed E-state index contributed by atoms with van der Waals surface area (Å²) in [5, 5.41) is 1.68. The first kappa shape index (κ1) is 15.6. The number of hydrogen-bond donors (Lipinski definition) is 1. The minimum Gasteiger partial charge on any atom is -0.267 e. The number of thioether (sulfide) groups is 1. The zero-order chi connectivity index (χ0) is 14.4. The van der Waals surface area contributed by atoms with Crippen LogP contribution in [-0.4, -0.2) is 19.3 Å². The van der Waals surface area contributed by atoms with Crippen molar-refractivity contribution in [3.63, 3.8) is 0 Å². The van der Waals surface area contributed by atoms with E-state index >= 15 is 0 Å². The van der Waals surface area contributed by atoms with Crippen LogP contribution in [0.3, 0.4) is 0 Å². The molecule has 0 fully saturated rings. The molecule has 1 aliphatic heterocycles.